The van der Waals surface area contributed by atoms with Gasteiger partial charge >= 0.3 is 0 Å². The molecule has 1 fully saturated rings. The van der Waals surface area contributed by atoms with Gasteiger partial charge in [0.15, 0.2) is 0 Å². The summed E-state index contributed by atoms with van der Waals surface area (Å²) in [6, 6.07) is 0. The Balaban J connectivity index is 1.97. The molecule has 2 aliphatic rings. The molecule has 3 nitrogen and oxygen atoms in total. The van der Waals surface area contributed by atoms with Gasteiger partial charge in [-0.15, -0.1) is 11.3 Å². The molecule has 1 aromatic rings. The molecular weight excluding hydrogens is 244 g/mol. The van der Waals surface area contributed by atoms with Gasteiger partial charge in [-0.3, -0.25) is 0 Å². The second-order valence-electron chi connectivity index (χ2n) is 6.40. The van der Waals surface area contributed by atoms with Crippen LogP contribution in [0, 0.1) is 0 Å². The highest BCUT2D eigenvalue weighted by Gasteiger charge is 2.46. The summed E-state index contributed by atoms with van der Waals surface area (Å²) in [6.07, 6.45) is 2.53. The normalized spacial score (nSPS) is 29.2. The van der Waals surface area contributed by atoms with E-state index in [1.54, 1.807) is 0 Å². The maximum Gasteiger partial charge on any atom is 0.107 e. The number of aromatic nitrogens is 1. The van der Waals surface area contributed by atoms with Gasteiger partial charge in [-0.05, 0) is 47.1 Å². The van der Waals surface area contributed by atoms with Gasteiger partial charge < -0.3 is 10.1 Å². The van der Waals surface area contributed by atoms with Crippen LogP contribution in [0.3, 0.4) is 0 Å². The summed E-state index contributed by atoms with van der Waals surface area (Å²) in [4.78, 5) is 6.24. The zero-order chi connectivity index (χ0) is 13.0. The summed E-state index contributed by atoms with van der Waals surface area (Å²) in [5.41, 5.74) is 0.741. The van der Waals surface area contributed by atoms with Crippen LogP contribution in [0.25, 0.3) is 0 Å². The van der Waals surface area contributed by atoms with Gasteiger partial charge in [0.05, 0.1) is 21.2 Å². The van der Waals surface area contributed by atoms with Crippen molar-refractivity contribution in [3.8, 4) is 0 Å². The Morgan fingerprint density at radius 2 is 2.06 bits per heavy atom. The van der Waals surface area contributed by atoms with Crippen LogP contribution >= 0.6 is 11.3 Å². The highest BCUT2D eigenvalue weighted by atomic mass is 32.1. The number of rotatable bonds is 1. The third-order valence-electron chi connectivity index (χ3n) is 3.92. The number of ether oxygens (including phenoxy) is 1. The molecule has 0 aromatic carbocycles. The zero-order valence-corrected chi connectivity index (χ0v) is 12.5. The highest BCUT2D eigenvalue weighted by molar-refractivity contribution is 7.12. The lowest BCUT2D eigenvalue weighted by Crippen LogP contribution is -2.29. The molecule has 0 saturated carbocycles. The molecule has 1 aromatic heterocycles. The van der Waals surface area contributed by atoms with Gasteiger partial charge in [-0.1, -0.05) is 0 Å². The molecule has 4 heteroatoms. The molecular formula is C14H22N2OS. The zero-order valence-electron chi connectivity index (χ0n) is 11.7. The van der Waals surface area contributed by atoms with Crippen LogP contribution in [0.15, 0.2) is 0 Å². The van der Waals surface area contributed by atoms with Crippen LogP contribution in [-0.2, 0) is 15.9 Å². The topological polar surface area (TPSA) is 34.1 Å². The molecule has 18 heavy (non-hydrogen) atoms. The number of nitrogens with one attached hydrogen (secondary N) is 1. The number of thiazole rings is 1. The van der Waals surface area contributed by atoms with Crippen LogP contribution in [0.5, 0.6) is 0 Å². The van der Waals surface area contributed by atoms with Crippen molar-refractivity contribution < 1.29 is 4.74 Å². The maximum atomic E-state index is 6.12. The number of hydrogen-bond donors (Lipinski definition) is 1. The molecule has 0 radical (unpaired) electrons. The molecule has 1 atom stereocenters. The summed E-state index contributed by atoms with van der Waals surface area (Å²) in [6.45, 7) is 10.8. The summed E-state index contributed by atoms with van der Waals surface area (Å²) in [5.74, 6) is 0.598. The second kappa shape index (κ2) is 4.02. The van der Waals surface area contributed by atoms with Crippen molar-refractivity contribution in [2.24, 2.45) is 0 Å². The first-order chi connectivity index (χ1) is 8.40. The molecule has 3 heterocycles. The largest absolute Gasteiger partial charge is 0.358 e. The Kier molecular flexibility index (Phi) is 2.81. The van der Waals surface area contributed by atoms with Gasteiger partial charge in [0.2, 0.25) is 0 Å². The fourth-order valence-electron chi connectivity index (χ4n) is 3.12. The Morgan fingerprint density at radius 1 is 1.28 bits per heavy atom. The van der Waals surface area contributed by atoms with Crippen LogP contribution < -0.4 is 5.32 Å². The number of hydrogen-bond acceptors (Lipinski definition) is 4. The molecule has 1 unspecified atom stereocenters. The van der Waals surface area contributed by atoms with Crippen molar-refractivity contribution >= 4 is 11.3 Å². The standard InChI is InChI=1S/C14H22N2OS/c1-13(2)10-11(14(3,4)17-13)18-12(16-10)9-6-5-7-15-8-9/h9,15H,5-8H2,1-4H3. The Labute approximate surface area is 113 Å². The highest BCUT2D eigenvalue weighted by Crippen LogP contribution is 2.50. The lowest BCUT2D eigenvalue weighted by atomic mass is 10.00. The number of piperidine rings is 1. The average Bonchev–Trinajstić information content (AvgIpc) is 2.80. The molecule has 0 aliphatic carbocycles. The smallest absolute Gasteiger partial charge is 0.107 e. The minimum Gasteiger partial charge on any atom is -0.358 e. The summed E-state index contributed by atoms with van der Waals surface area (Å²) in [7, 11) is 0. The monoisotopic (exact) mass is 266 g/mol. The number of nitrogens with zero attached hydrogens (tertiary/aromatic N) is 1. The average molecular weight is 266 g/mol. The van der Waals surface area contributed by atoms with Crippen LogP contribution in [0.1, 0.15) is 62.0 Å². The Bertz CT molecular complexity index is 427. The van der Waals surface area contributed by atoms with E-state index in [1.807, 2.05) is 11.3 Å². The quantitative estimate of drug-likeness (QED) is 0.848. The van der Waals surface area contributed by atoms with E-state index in [-0.39, 0.29) is 11.2 Å². The maximum absolute atomic E-state index is 6.12. The minimum absolute atomic E-state index is 0.184. The van der Waals surface area contributed by atoms with Gasteiger partial charge in [0, 0.05) is 12.5 Å². The second-order valence-corrected chi connectivity index (χ2v) is 7.43. The van der Waals surface area contributed by atoms with Crippen molar-refractivity contribution in [3.63, 3.8) is 0 Å². The molecule has 0 bridgehead atoms. The van der Waals surface area contributed by atoms with E-state index < -0.39 is 0 Å². The molecule has 2 aliphatic heterocycles. The van der Waals surface area contributed by atoms with Crippen molar-refractivity contribution in [2.45, 2.75) is 57.7 Å². The third-order valence-corrected chi connectivity index (χ3v) is 5.44. The van der Waals surface area contributed by atoms with Crippen LogP contribution in [0.4, 0.5) is 0 Å². The van der Waals surface area contributed by atoms with Gasteiger partial charge in [-0.2, -0.15) is 0 Å². The molecule has 0 spiro atoms. The Hall–Kier alpha value is -0.450. The molecule has 3 rings (SSSR count). The SMILES string of the molecule is CC1(C)OC(C)(C)c2sc(C3CCCNC3)nc21. The van der Waals surface area contributed by atoms with E-state index in [1.165, 1.54) is 22.7 Å². The first kappa shape index (κ1) is 12.6. The summed E-state index contributed by atoms with van der Waals surface area (Å²) in [5, 5.41) is 4.78. The Morgan fingerprint density at radius 3 is 2.67 bits per heavy atom. The minimum atomic E-state index is -0.240. The fourth-order valence-corrected chi connectivity index (χ4v) is 4.51. The van der Waals surface area contributed by atoms with E-state index in [0.717, 1.165) is 18.8 Å². The van der Waals surface area contributed by atoms with Crippen molar-refractivity contribution in [2.75, 3.05) is 13.1 Å². The van der Waals surface area contributed by atoms with E-state index in [4.69, 9.17) is 9.72 Å². The fraction of sp³-hybridized carbons (Fsp3) is 0.786. The number of fused-ring (bicyclic) bond motifs is 1. The van der Waals surface area contributed by atoms with E-state index in [9.17, 15) is 0 Å². The van der Waals surface area contributed by atoms with Crippen molar-refractivity contribution in [1.82, 2.24) is 10.3 Å². The summed E-state index contributed by atoms with van der Waals surface area (Å²) < 4.78 is 6.12. The van der Waals surface area contributed by atoms with Crippen LogP contribution in [0.2, 0.25) is 0 Å². The van der Waals surface area contributed by atoms with E-state index in [2.05, 4.69) is 33.0 Å². The van der Waals surface area contributed by atoms with Crippen molar-refractivity contribution in [1.29, 1.82) is 0 Å². The first-order valence-electron chi connectivity index (χ1n) is 6.83. The van der Waals surface area contributed by atoms with Crippen LogP contribution in [-0.4, -0.2) is 18.1 Å². The van der Waals surface area contributed by atoms with E-state index in [0.29, 0.717) is 5.92 Å². The van der Waals surface area contributed by atoms with Gasteiger partial charge in [-0.25, -0.2) is 4.98 Å². The van der Waals surface area contributed by atoms with E-state index >= 15 is 0 Å². The van der Waals surface area contributed by atoms with Gasteiger partial charge in [0.1, 0.15) is 5.60 Å². The molecule has 100 valence electrons. The predicted molar refractivity (Wildman–Crippen MR) is 74.1 cm³/mol. The molecule has 1 saturated heterocycles. The lowest BCUT2D eigenvalue weighted by Gasteiger charge is -2.26. The summed E-state index contributed by atoms with van der Waals surface area (Å²) >= 11 is 1.86. The first-order valence-corrected chi connectivity index (χ1v) is 7.64. The molecule has 1 N–H and O–H groups in total. The third kappa shape index (κ3) is 1.91. The molecule has 0 amide bonds. The lowest BCUT2D eigenvalue weighted by molar-refractivity contribution is -0.105. The predicted octanol–water partition coefficient (Wildman–Crippen LogP) is 3.11. The van der Waals surface area contributed by atoms with Gasteiger partial charge in [0.25, 0.3) is 0 Å². The van der Waals surface area contributed by atoms with Crippen molar-refractivity contribution in [3.05, 3.63) is 15.6 Å².